The van der Waals surface area contributed by atoms with Crippen LogP contribution in [-0.4, -0.2) is 19.3 Å². The molecule has 0 aliphatic carbocycles. The average Bonchev–Trinajstić information content (AvgIpc) is 2.81. The van der Waals surface area contributed by atoms with E-state index in [1.54, 1.807) is 0 Å². The standard InChI is InChI=1S/C14H17NO2/c1-2-6-14-13(5-1)11(9-17-14)8-15-12-4-3-7-16-10-12/h1-2,5-6,9,12,15H,3-4,7-8,10H2. The molecule has 17 heavy (non-hydrogen) atoms. The predicted octanol–water partition coefficient (Wildman–Crippen LogP) is 2.70. The molecule has 0 radical (unpaired) electrons. The number of benzene rings is 1. The van der Waals surface area contributed by atoms with Crippen molar-refractivity contribution in [1.82, 2.24) is 5.32 Å². The van der Waals surface area contributed by atoms with Crippen LogP contribution in [0.3, 0.4) is 0 Å². The lowest BCUT2D eigenvalue weighted by atomic mass is 10.1. The summed E-state index contributed by atoms with van der Waals surface area (Å²) in [5.74, 6) is 0. The van der Waals surface area contributed by atoms with Gasteiger partial charge < -0.3 is 14.5 Å². The van der Waals surface area contributed by atoms with Gasteiger partial charge in [0.15, 0.2) is 0 Å². The number of para-hydroxylation sites is 1. The first-order chi connectivity index (χ1) is 8.43. The van der Waals surface area contributed by atoms with Crippen LogP contribution < -0.4 is 5.32 Å². The first-order valence-corrected chi connectivity index (χ1v) is 6.20. The van der Waals surface area contributed by atoms with E-state index >= 15 is 0 Å². The van der Waals surface area contributed by atoms with Crippen LogP contribution in [0.4, 0.5) is 0 Å². The number of hydrogen-bond donors (Lipinski definition) is 1. The molecule has 3 nitrogen and oxygen atoms in total. The summed E-state index contributed by atoms with van der Waals surface area (Å²) in [5.41, 5.74) is 2.19. The second-order valence-electron chi connectivity index (χ2n) is 4.55. The predicted molar refractivity (Wildman–Crippen MR) is 66.9 cm³/mol. The Balaban J connectivity index is 1.68. The molecule has 1 fully saturated rings. The maximum Gasteiger partial charge on any atom is 0.134 e. The molecule has 2 aromatic rings. The molecular weight excluding hydrogens is 214 g/mol. The third kappa shape index (κ3) is 2.35. The first kappa shape index (κ1) is 10.8. The molecule has 2 heterocycles. The Bertz CT molecular complexity index is 486. The van der Waals surface area contributed by atoms with E-state index < -0.39 is 0 Å². The van der Waals surface area contributed by atoms with Crippen molar-refractivity contribution in [1.29, 1.82) is 0 Å². The lowest BCUT2D eigenvalue weighted by Gasteiger charge is -2.22. The molecule has 1 unspecified atom stereocenters. The highest BCUT2D eigenvalue weighted by molar-refractivity contribution is 5.80. The molecule has 1 N–H and O–H groups in total. The SMILES string of the molecule is c1ccc2c(CNC3CCCOC3)coc2c1. The van der Waals surface area contributed by atoms with Crippen LogP contribution in [0, 0.1) is 0 Å². The van der Waals surface area contributed by atoms with Gasteiger partial charge in [0.2, 0.25) is 0 Å². The molecular formula is C14H17NO2. The zero-order chi connectivity index (χ0) is 11.5. The van der Waals surface area contributed by atoms with Crippen molar-refractivity contribution in [3.8, 4) is 0 Å². The Morgan fingerprint density at radius 3 is 3.12 bits per heavy atom. The number of nitrogens with one attached hydrogen (secondary N) is 1. The minimum absolute atomic E-state index is 0.484. The monoisotopic (exact) mass is 231 g/mol. The van der Waals surface area contributed by atoms with Crippen LogP contribution in [-0.2, 0) is 11.3 Å². The molecule has 1 saturated heterocycles. The number of furan rings is 1. The lowest BCUT2D eigenvalue weighted by Crippen LogP contribution is -2.36. The van der Waals surface area contributed by atoms with Crippen molar-refractivity contribution in [2.45, 2.75) is 25.4 Å². The summed E-state index contributed by atoms with van der Waals surface area (Å²) >= 11 is 0. The average molecular weight is 231 g/mol. The Morgan fingerprint density at radius 1 is 1.29 bits per heavy atom. The van der Waals surface area contributed by atoms with Crippen LogP contribution in [0.15, 0.2) is 34.9 Å². The largest absolute Gasteiger partial charge is 0.464 e. The number of fused-ring (bicyclic) bond motifs is 1. The molecule has 0 amide bonds. The molecule has 3 rings (SSSR count). The van der Waals surface area contributed by atoms with Crippen LogP contribution in [0.25, 0.3) is 11.0 Å². The van der Waals surface area contributed by atoms with Gasteiger partial charge in [0.1, 0.15) is 5.58 Å². The molecule has 90 valence electrons. The minimum atomic E-state index is 0.484. The van der Waals surface area contributed by atoms with E-state index in [9.17, 15) is 0 Å². The third-order valence-corrected chi connectivity index (χ3v) is 3.30. The maximum absolute atomic E-state index is 5.52. The van der Waals surface area contributed by atoms with Crippen molar-refractivity contribution < 1.29 is 9.15 Å². The fraction of sp³-hybridized carbons (Fsp3) is 0.429. The Morgan fingerprint density at radius 2 is 2.24 bits per heavy atom. The van der Waals surface area contributed by atoms with Crippen LogP contribution in [0.1, 0.15) is 18.4 Å². The molecule has 1 aliphatic heterocycles. The van der Waals surface area contributed by atoms with Gasteiger partial charge in [-0.3, -0.25) is 0 Å². The van der Waals surface area contributed by atoms with Gasteiger partial charge in [-0.2, -0.15) is 0 Å². The van der Waals surface area contributed by atoms with E-state index in [-0.39, 0.29) is 0 Å². The molecule has 1 atom stereocenters. The van der Waals surface area contributed by atoms with Crippen molar-refractivity contribution in [2.75, 3.05) is 13.2 Å². The van der Waals surface area contributed by atoms with E-state index in [2.05, 4.69) is 11.4 Å². The van der Waals surface area contributed by atoms with Crippen molar-refractivity contribution >= 4 is 11.0 Å². The summed E-state index contributed by atoms with van der Waals surface area (Å²) in [7, 11) is 0. The Labute approximate surface area is 101 Å². The minimum Gasteiger partial charge on any atom is -0.464 e. The van der Waals surface area contributed by atoms with Crippen molar-refractivity contribution in [3.05, 3.63) is 36.1 Å². The quantitative estimate of drug-likeness (QED) is 0.882. The van der Waals surface area contributed by atoms with Gasteiger partial charge in [-0.25, -0.2) is 0 Å². The molecule has 1 aliphatic rings. The van der Waals surface area contributed by atoms with Gasteiger partial charge in [0.05, 0.1) is 12.9 Å². The summed E-state index contributed by atoms with van der Waals surface area (Å²) in [6.07, 6.45) is 4.21. The highest BCUT2D eigenvalue weighted by Crippen LogP contribution is 2.20. The van der Waals surface area contributed by atoms with Crippen molar-refractivity contribution in [2.24, 2.45) is 0 Å². The zero-order valence-electron chi connectivity index (χ0n) is 9.82. The van der Waals surface area contributed by atoms with Crippen LogP contribution in [0.5, 0.6) is 0 Å². The third-order valence-electron chi connectivity index (χ3n) is 3.30. The topological polar surface area (TPSA) is 34.4 Å². The van der Waals surface area contributed by atoms with E-state index in [0.29, 0.717) is 6.04 Å². The Kier molecular flexibility index (Phi) is 3.12. The summed E-state index contributed by atoms with van der Waals surface area (Å²) in [6, 6.07) is 8.64. The maximum atomic E-state index is 5.52. The highest BCUT2D eigenvalue weighted by Gasteiger charge is 2.14. The van der Waals surface area contributed by atoms with E-state index in [1.807, 2.05) is 24.5 Å². The van der Waals surface area contributed by atoms with Crippen LogP contribution >= 0.6 is 0 Å². The van der Waals surface area contributed by atoms with Crippen molar-refractivity contribution in [3.63, 3.8) is 0 Å². The van der Waals surface area contributed by atoms with E-state index in [1.165, 1.54) is 17.4 Å². The Hall–Kier alpha value is -1.32. The van der Waals surface area contributed by atoms with Gasteiger partial charge >= 0.3 is 0 Å². The molecule has 0 saturated carbocycles. The number of ether oxygens (including phenoxy) is 1. The second-order valence-corrected chi connectivity index (χ2v) is 4.55. The van der Waals surface area contributed by atoms with Gasteiger partial charge in [0.25, 0.3) is 0 Å². The van der Waals surface area contributed by atoms with Gasteiger partial charge in [-0.1, -0.05) is 18.2 Å². The molecule has 3 heteroatoms. The fourth-order valence-electron chi connectivity index (χ4n) is 2.33. The first-order valence-electron chi connectivity index (χ1n) is 6.20. The zero-order valence-corrected chi connectivity index (χ0v) is 9.82. The molecule has 1 aromatic carbocycles. The number of rotatable bonds is 3. The molecule has 1 aromatic heterocycles. The fourth-order valence-corrected chi connectivity index (χ4v) is 2.33. The number of hydrogen-bond acceptors (Lipinski definition) is 3. The summed E-state index contributed by atoms with van der Waals surface area (Å²) in [5, 5.41) is 4.74. The van der Waals surface area contributed by atoms with E-state index in [4.69, 9.17) is 9.15 Å². The summed E-state index contributed by atoms with van der Waals surface area (Å²) in [6.45, 7) is 2.59. The van der Waals surface area contributed by atoms with Gasteiger partial charge in [-0.05, 0) is 18.9 Å². The van der Waals surface area contributed by atoms with Crippen LogP contribution in [0.2, 0.25) is 0 Å². The lowest BCUT2D eigenvalue weighted by molar-refractivity contribution is 0.0699. The molecule has 0 spiro atoms. The summed E-state index contributed by atoms with van der Waals surface area (Å²) < 4.78 is 11.0. The summed E-state index contributed by atoms with van der Waals surface area (Å²) in [4.78, 5) is 0. The molecule has 0 bridgehead atoms. The van der Waals surface area contributed by atoms with E-state index in [0.717, 1.165) is 31.8 Å². The highest BCUT2D eigenvalue weighted by atomic mass is 16.5. The smallest absolute Gasteiger partial charge is 0.134 e. The van der Waals surface area contributed by atoms with Gasteiger partial charge in [-0.15, -0.1) is 0 Å². The normalized spacial score (nSPS) is 20.8. The second kappa shape index (κ2) is 4.90. The van der Waals surface area contributed by atoms with Gasteiger partial charge in [0, 0.05) is 30.1 Å².